The van der Waals surface area contributed by atoms with E-state index < -0.39 is 0 Å². The quantitative estimate of drug-likeness (QED) is 0.772. The molecule has 1 aromatic carbocycles. The highest BCUT2D eigenvalue weighted by molar-refractivity contribution is 5.47. The lowest BCUT2D eigenvalue weighted by Crippen LogP contribution is -2.36. The molecule has 1 rings (SSSR count). The third-order valence-electron chi connectivity index (χ3n) is 3.37. The minimum absolute atomic E-state index is 0.208. The van der Waals surface area contributed by atoms with Gasteiger partial charge in [-0.15, -0.1) is 0 Å². The minimum atomic E-state index is 0.208. The molecule has 0 fully saturated rings. The molecule has 0 heterocycles. The van der Waals surface area contributed by atoms with E-state index in [0.717, 1.165) is 24.5 Å². The Morgan fingerprint density at radius 3 is 2.15 bits per heavy atom. The lowest BCUT2D eigenvalue weighted by molar-refractivity contribution is 0.354. The van der Waals surface area contributed by atoms with Crippen LogP contribution in [0.25, 0.3) is 0 Å². The van der Waals surface area contributed by atoms with Crippen molar-refractivity contribution in [2.75, 3.05) is 20.8 Å². The number of nitrogens with one attached hydrogen (secondary N) is 1. The van der Waals surface area contributed by atoms with E-state index in [2.05, 4.69) is 45.1 Å². The molecule has 0 atom stereocenters. The zero-order valence-electron chi connectivity index (χ0n) is 13.8. The van der Waals surface area contributed by atoms with E-state index >= 15 is 0 Å². The average Bonchev–Trinajstić information content (AvgIpc) is 2.38. The summed E-state index contributed by atoms with van der Waals surface area (Å²) >= 11 is 0. The highest BCUT2D eigenvalue weighted by Gasteiger charge is 2.09. The number of unbranched alkanes of at least 4 members (excludes halogenated alkanes) is 1. The van der Waals surface area contributed by atoms with Crippen molar-refractivity contribution >= 4 is 0 Å². The zero-order valence-corrected chi connectivity index (χ0v) is 13.8. The van der Waals surface area contributed by atoms with Crippen LogP contribution in [0.4, 0.5) is 0 Å². The molecule has 20 heavy (non-hydrogen) atoms. The monoisotopic (exact) mass is 279 g/mol. The van der Waals surface area contributed by atoms with Gasteiger partial charge in [-0.2, -0.15) is 0 Å². The van der Waals surface area contributed by atoms with Crippen molar-refractivity contribution in [3.8, 4) is 11.5 Å². The van der Waals surface area contributed by atoms with Crippen molar-refractivity contribution < 1.29 is 9.47 Å². The Morgan fingerprint density at radius 2 is 1.60 bits per heavy atom. The van der Waals surface area contributed by atoms with Crippen LogP contribution in [0, 0.1) is 6.92 Å². The topological polar surface area (TPSA) is 30.5 Å². The van der Waals surface area contributed by atoms with Gasteiger partial charge in [0, 0.05) is 5.54 Å². The van der Waals surface area contributed by atoms with Crippen LogP contribution >= 0.6 is 0 Å². The van der Waals surface area contributed by atoms with Crippen molar-refractivity contribution in [1.29, 1.82) is 0 Å². The van der Waals surface area contributed by atoms with Gasteiger partial charge in [0.05, 0.1) is 14.2 Å². The molecule has 114 valence electrons. The van der Waals surface area contributed by atoms with Gasteiger partial charge in [-0.25, -0.2) is 0 Å². The van der Waals surface area contributed by atoms with Crippen molar-refractivity contribution in [3.05, 3.63) is 23.3 Å². The second-order valence-electron chi connectivity index (χ2n) is 6.27. The van der Waals surface area contributed by atoms with Crippen molar-refractivity contribution in [2.45, 2.75) is 52.5 Å². The number of rotatable bonds is 7. The van der Waals surface area contributed by atoms with E-state index in [9.17, 15) is 0 Å². The van der Waals surface area contributed by atoms with Crippen LogP contribution in [0.3, 0.4) is 0 Å². The molecular weight excluding hydrogens is 250 g/mol. The molecule has 0 aromatic heterocycles. The summed E-state index contributed by atoms with van der Waals surface area (Å²) in [6, 6.07) is 4.16. The molecule has 1 aromatic rings. The van der Waals surface area contributed by atoms with Gasteiger partial charge in [-0.3, -0.25) is 0 Å². The molecule has 3 nitrogen and oxygen atoms in total. The van der Waals surface area contributed by atoms with Crippen LogP contribution in [0.2, 0.25) is 0 Å². The molecule has 0 spiro atoms. The summed E-state index contributed by atoms with van der Waals surface area (Å²) in [5.74, 6) is 1.63. The predicted molar refractivity (Wildman–Crippen MR) is 85.0 cm³/mol. The van der Waals surface area contributed by atoms with E-state index in [-0.39, 0.29) is 5.54 Å². The molecule has 0 bridgehead atoms. The van der Waals surface area contributed by atoms with Crippen LogP contribution in [0.5, 0.6) is 11.5 Å². The standard InChI is InChI=1S/C17H29NO2/c1-13-11-15(19-5)16(20-6)12-14(13)9-7-8-10-18-17(2,3)4/h11-12,18H,7-10H2,1-6H3. The SMILES string of the molecule is COc1cc(C)c(CCCCNC(C)(C)C)cc1OC. The molecule has 0 aliphatic carbocycles. The maximum atomic E-state index is 5.37. The molecule has 0 saturated heterocycles. The number of ether oxygens (including phenoxy) is 2. The van der Waals surface area contributed by atoms with Gasteiger partial charge in [-0.05, 0) is 76.8 Å². The lowest BCUT2D eigenvalue weighted by Gasteiger charge is -2.20. The Morgan fingerprint density at radius 1 is 1.00 bits per heavy atom. The first-order valence-corrected chi connectivity index (χ1v) is 7.34. The summed E-state index contributed by atoms with van der Waals surface area (Å²) in [4.78, 5) is 0. The predicted octanol–water partition coefficient (Wildman–Crippen LogP) is 3.72. The van der Waals surface area contributed by atoms with Crippen molar-refractivity contribution in [1.82, 2.24) is 5.32 Å². The van der Waals surface area contributed by atoms with Crippen LogP contribution in [0.1, 0.15) is 44.7 Å². The Bertz CT molecular complexity index is 422. The molecule has 3 heteroatoms. The van der Waals surface area contributed by atoms with Crippen molar-refractivity contribution in [3.63, 3.8) is 0 Å². The number of benzene rings is 1. The van der Waals surface area contributed by atoms with Gasteiger partial charge in [0.15, 0.2) is 11.5 Å². The molecule has 0 radical (unpaired) electrons. The number of hydrogen-bond acceptors (Lipinski definition) is 3. The molecule has 0 unspecified atom stereocenters. The fourth-order valence-corrected chi connectivity index (χ4v) is 2.20. The second-order valence-corrected chi connectivity index (χ2v) is 6.27. The third kappa shape index (κ3) is 5.41. The summed E-state index contributed by atoms with van der Waals surface area (Å²) in [6.45, 7) is 9.79. The second kappa shape index (κ2) is 7.53. The van der Waals surface area contributed by atoms with Gasteiger partial charge in [-0.1, -0.05) is 0 Å². The van der Waals surface area contributed by atoms with E-state index in [1.165, 1.54) is 24.0 Å². The third-order valence-corrected chi connectivity index (χ3v) is 3.37. The fourth-order valence-electron chi connectivity index (χ4n) is 2.20. The first-order valence-electron chi connectivity index (χ1n) is 7.34. The molecule has 1 N–H and O–H groups in total. The van der Waals surface area contributed by atoms with Crippen molar-refractivity contribution in [2.24, 2.45) is 0 Å². The molecule has 0 aliphatic rings. The van der Waals surface area contributed by atoms with E-state index in [0.29, 0.717) is 0 Å². The maximum absolute atomic E-state index is 5.37. The summed E-state index contributed by atoms with van der Waals surface area (Å²) in [7, 11) is 3.36. The summed E-state index contributed by atoms with van der Waals surface area (Å²) in [6.07, 6.45) is 3.45. The number of hydrogen-bond donors (Lipinski definition) is 1. The van der Waals surface area contributed by atoms with E-state index in [4.69, 9.17) is 9.47 Å². The van der Waals surface area contributed by atoms with Gasteiger partial charge in [0.1, 0.15) is 0 Å². The number of aryl methyl sites for hydroxylation is 2. The lowest BCUT2D eigenvalue weighted by atomic mass is 10.0. The van der Waals surface area contributed by atoms with E-state index in [1.54, 1.807) is 14.2 Å². The Hall–Kier alpha value is -1.22. The summed E-state index contributed by atoms with van der Waals surface area (Å²) < 4.78 is 10.7. The van der Waals surface area contributed by atoms with E-state index in [1.807, 2.05) is 0 Å². The largest absolute Gasteiger partial charge is 0.493 e. The molecular formula is C17H29NO2. The smallest absolute Gasteiger partial charge is 0.161 e. The Labute approximate surface area is 123 Å². The zero-order chi connectivity index (χ0) is 15.2. The molecule has 0 saturated carbocycles. The highest BCUT2D eigenvalue weighted by Crippen LogP contribution is 2.30. The van der Waals surface area contributed by atoms with Crippen LogP contribution in [-0.4, -0.2) is 26.3 Å². The highest BCUT2D eigenvalue weighted by atomic mass is 16.5. The Kier molecular flexibility index (Phi) is 6.34. The molecule has 0 amide bonds. The van der Waals surface area contributed by atoms with Gasteiger partial charge in [0.25, 0.3) is 0 Å². The van der Waals surface area contributed by atoms with Crippen LogP contribution in [-0.2, 0) is 6.42 Å². The summed E-state index contributed by atoms with van der Waals surface area (Å²) in [5.41, 5.74) is 2.82. The Balaban J connectivity index is 2.52. The minimum Gasteiger partial charge on any atom is -0.493 e. The van der Waals surface area contributed by atoms with Gasteiger partial charge < -0.3 is 14.8 Å². The van der Waals surface area contributed by atoms with Crippen LogP contribution < -0.4 is 14.8 Å². The number of methoxy groups -OCH3 is 2. The fraction of sp³-hybridized carbons (Fsp3) is 0.647. The summed E-state index contributed by atoms with van der Waals surface area (Å²) in [5, 5.41) is 3.52. The molecule has 0 aliphatic heterocycles. The van der Waals surface area contributed by atoms with Gasteiger partial charge >= 0.3 is 0 Å². The first kappa shape index (κ1) is 16.8. The maximum Gasteiger partial charge on any atom is 0.161 e. The van der Waals surface area contributed by atoms with Gasteiger partial charge in [0.2, 0.25) is 0 Å². The normalized spacial score (nSPS) is 11.5. The average molecular weight is 279 g/mol. The van der Waals surface area contributed by atoms with Crippen LogP contribution in [0.15, 0.2) is 12.1 Å². The first-order chi connectivity index (χ1) is 9.37.